The van der Waals surface area contributed by atoms with Crippen molar-refractivity contribution in [3.8, 4) is 0 Å². The summed E-state index contributed by atoms with van der Waals surface area (Å²) < 4.78 is 2.02. The Labute approximate surface area is 164 Å². The molecule has 5 nitrogen and oxygen atoms in total. The molecule has 1 aliphatic carbocycles. The molecule has 6 heteroatoms. The molecule has 0 spiro atoms. The van der Waals surface area contributed by atoms with Crippen LogP contribution in [0.4, 0.5) is 0 Å². The number of hydrogen-bond donors (Lipinski definition) is 2. The lowest BCUT2D eigenvalue weighted by Gasteiger charge is -2.28. The minimum Gasteiger partial charge on any atom is -0.354 e. The van der Waals surface area contributed by atoms with Gasteiger partial charge in [0.15, 0.2) is 5.96 Å². The van der Waals surface area contributed by atoms with Gasteiger partial charge in [0.25, 0.3) is 0 Å². The lowest BCUT2D eigenvalue weighted by molar-refractivity contribution is 0.324. The first-order valence-corrected chi connectivity index (χ1v) is 9.09. The molecule has 0 aromatic carbocycles. The number of aromatic nitrogens is 2. The summed E-state index contributed by atoms with van der Waals surface area (Å²) >= 11 is 0. The molecule has 138 valence electrons. The van der Waals surface area contributed by atoms with Crippen LogP contribution in [0.3, 0.4) is 0 Å². The lowest BCUT2D eigenvalue weighted by atomic mass is 9.87. The number of nitrogens with one attached hydrogen (secondary N) is 2. The fraction of sp³-hybridized carbons (Fsp3) is 0.778. The molecule has 1 saturated carbocycles. The van der Waals surface area contributed by atoms with Crippen LogP contribution in [0.2, 0.25) is 0 Å². The van der Waals surface area contributed by atoms with E-state index in [-0.39, 0.29) is 24.0 Å². The van der Waals surface area contributed by atoms with Crippen LogP contribution in [0.5, 0.6) is 0 Å². The third-order valence-corrected chi connectivity index (χ3v) is 4.96. The molecule has 2 rings (SSSR count). The van der Waals surface area contributed by atoms with Crippen LogP contribution in [0.15, 0.2) is 4.99 Å². The van der Waals surface area contributed by atoms with Crippen molar-refractivity contribution in [2.24, 2.45) is 18.0 Å². The normalized spacial score (nSPS) is 21.3. The van der Waals surface area contributed by atoms with Crippen LogP contribution in [0, 0.1) is 5.92 Å². The molecule has 1 heterocycles. The van der Waals surface area contributed by atoms with Crippen molar-refractivity contribution in [1.82, 2.24) is 20.4 Å². The summed E-state index contributed by atoms with van der Waals surface area (Å²) in [6.07, 6.45) is 7.15. The molecule has 0 aliphatic heterocycles. The van der Waals surface area contributed by atoms with E-state index in [1.165, 1.54) is 42.6 Å². The van der Waals surface area contributed by atoms with E-state index in [0.717, 1.165) is 31.3 Å². The fourth-order valence-electron chi connectivity index (χ4n) is 3.72. The third kappa shape index (κ3) is 5.36. The van der Waals surface area contributed by atoms with Crippen LogP contribution >= 0.6 is 24.0 Å². The molecule has 2 unspecified atom stereocenters. The van der Waals surface area contributed by atoms with Gasteiger partial charge in [0.1, 0.15) is 0 Å². The smallest absolute Gasteiger partial charge is 0.191 e. The van der Waals surface area contributed by atoms with Crippen LogP contribution in [-0.4, -0.2) is 28.8 Å². The Morgan fingerprint density at radius 1 is 1.29 bits per heavy atom. The van der Waals surface area contributed by atoms with Gasteiger partial charge in [-0.1, -0.05) is 33.6 Å². The van der Waals surface area contributed by atoms with Crippen molar-refractivity contribution in [3.63, 3.8) is 0 Å². The van der Waals surface area contributed by atoms with E-state index in [0.29, 0.717) is 6.04 Å². The molecule has 0 bridgehead atoms. The van der Waals surface area contributed by atoms with Crippen molar-refractivity contribution in [1.29, 1.82) is 0 Å². The second-order valence-corrected chi connectivity index (χ2v) is 6.74. The van der Waals surface area contributed by atoms with Gasteiger partial charge < -0.3 is 10.6 Å². The molecule has 2 atom stereocenters. The van der Waals surface area contributed by atoms with Crippen molar-refractivity contribution in [3.05, 3.63) is 17.0 Å². The highest BCUT2D eigenvalue weighted by atomic mass is 127. The van der Waals surface area contributed by atoms with Gasteiger partial charge in [0.2, 0.25) is 0 Å². The highest BCUT2D eigenvalue weighted by Gasteiger charge is 2.20. The Kier molecular flexibility index (Phi) is 9.08. The van der Waals surface area contributed by atoms with Crippen LogP contribution in [0.1, 0.15) is 63.4 Å². The van der Waals surface area contributed by atoms with Gasteiger partial charge in [-0.3, -0.25) is 9.67 Å². The summed E-state index contributed by atoms with van der Waals surface area (Å²) in [5, 5.41) is 11.7. The zero-order valence-corrected chi connectivity index (χ0v) is 18.2. The van der Waals surface area contributed by atoms with E-state index >= 15 is 0 Å². The Balaban J connectivity index is 0.00000288. The molecule has 1 aromatic rings. The lowest BCUT2D eigenvalue weighted by Crippen LogP contribution is -2.44. The number of guanidine groups is 1. The van der Waals surface area contributed by atoms with Crippen LogP contribution in [0.25, 0.3) is 0 Å². The van der Waals surface area contributed by atoms with E-state index in [9.17, 15) is 0 Å². The quantitative estimate of drug-likeness (QED) is 0.413. The van der Waals surface area contributed by atoms with Gasteiger partial charge in [-0.15, -0.1) is 24.0 Å². The van der Waals surface area contributed by atoms with E-state index in [2.05, 4.69) is 41.5 Å². The maximum Gasteiger partial charge on any atom is 0.191 e. The third-order valence-electron chi connectivity index (χ3n) is 4.96. The number of aliphatic imine (C=N–C) groups is 1. The first-order chi connectivity index (χ1) is 11.1. The highest BCUT2D eigenvalue weighted by molar-refractivity contribution is 14.0. The number of rotatable bonds is 5. The fourth-order valence-corrected chi connectivity index (χ4v) is 3.72. The first-order valence-electron chi connectivity index (χ1n) is 9.09. The van der Waals surface area contributed by atoms with Crippen molar-refractivity contribution >= 4 is 29.9 Å². The summed E-state index contributed by atoms with van der Waals surface area (Å²) in [6.45, 7) is 7.50. The average Bonchev–Trinajstić information content (AvgIpc) is 2.86. The largest absolute Gasteiger partial charge is 0.354 e. The standard InChI is InChI=1S/C18H33N5.HI/c1-6-16-15(17(7-2)23(5)22-16)12-20-18(19-4)21-14-10-8-9-13(3)11-14;/h13-14H,6-12H2,1-5H3,(H2,19,20,21);1H. The summed E-state index contributed by atoms with van der Waals surface area (Å²) in [7, 11) is 3.89. The second kappa shape index (κ2) is 10.3. The zero-order chi connectivity index (χ0) is 16.8. The van der Waals surface area contributed by atoms with Gasteiger partial charge in [-0.05, 0) is 31.6 Å². The number of aryl methyl sites for hydroxylation is 2. The van der Waals surface area contributed by atoms with E-state index in [4.69, 9.17) is 0 Å². The predicted octanol–water partition coefficient (Wildman–Crippen LogP) is 3.41. The monoisotopic (exact) mass is 447 g/mol. The summed E-state index contributed by atoms with van der Waals surface area (Å²) in [5.41, 5.74) is 3.84. The molecule has 0 radical (unpaired) electrons. The molecular weight excluding hydrogens is 413 g/mol. The molecular formula is C18H34IN5. The van der Waals surface area contributed by atoms with Gasteiger partial charge in [0.05, 0.1) is 5.69 Å². The van der Waals surface area contributed by atoms with Gasteiger partial charge in [-0.25, -0.2) is 0 Å². The van der Waals surface area contributed by atoms with Gasteiger partial charge in [0, 0.05) is 37.9 Å². The van der Waals surface area contributed by atoms with Gasteiger partial charge >= 0.3 is 0 Å². The molecule has 1 aromatic heterocycles. The SMILES string of the molecule is CCc1nn(C)c(CC)c1CNC(=NC)NC1CCCC(C)C1.I. The van der Waals surface area contributed by atoms with E-state index in [1.54, 1.807) is 0 Å². The molecule has 24 heavy (non-hydrogen) atoms. The number of hydrogen-bond acceptors (Lipinski definition) is 2. The molecule has 0 saturated heterocycles. The highest BCUT2D eigenvalue weighted by Crippen LogP contribution is 2.23. The molecule has 1 aliphatic rings. The Bertz CT molecular complexity index is 538. The van der Waals surface area contributed by atoms with E-state index < -0.39 is 0 Å². The first kappa shape index (κ1) is 21.3. The van der Waals surface area contributed by atoms with Crippen molar-refractivity contribution < 1.29 is 0 Å². The van der Waals surface area contributed by atoms with Crippen LogP contribution < -0.4 is 10.6 Å². The second-order valence-electron chi connectivity index (χ2n) is 6.74. The minimum absolute atomic E-state index is 0. The maximum atomic E-state index is 4.65. The van der Waals surface area contributed by atoms with Crippen LogP contribution in [-0.2, 0) is 26.4 Å². The van der Waals surface area contributed by atoms with Crippen molar-refractivity contribution in [2.45, 2.75) is 71.9 Å². The topological polar surface area (TPSA) is 54.2 Å². The summed E-state index contributed by atoms with van der Waals surface area (Å²) in [5.74, 6) is 1.73. The summed E-state index contributed by atoms with van der Waals surface area (Å²) in [4.78, 5) is 4.41. The summed E-state index contributed by atoms with van der Waals surface area (Å²) in [6, 6.07) is 0.551. The Morgan fingerprint density at radius 3 is 2.62 bits per heavy atom. The predicted molar refractivity (Wildman–Crippen MR) is 112 cm³/mol. The number of halogens is 1. The van der Waals surface area contributed by atoms with Crippen molar-refractivity contribution in [2.75, 3.05) is 7.05 Å². The average molecular weight is 447 g/mol. The maximum absolute atomic E-state index is 4.65. The van der Waals surface area contributed by atoms with E-state index in [1.807, 2.05) is 18.8 Å². The molecule has 2 N–H and O–H groups in total. The zero-order valence-electron chi connectivity index (χ0n) is 15.9. The molecule has 1 fully saturated rings. The molecule has 0 amide bonds. The Morgan fingerprint density at radius 2 is 2.04 bits per heavy atom. The number of nitrogens with zero attached hydrogens (tertiary/aromatic N) is 3. The van der Waals surface area contributed by atoms with Gasteiger partial charge in [-0.2, -0.15) is 5.10 Å². The minimum atomic E-state index is 0. The Hall–Kier alpha value is -0.790.